The fraction of sp³-hybridized carbons (Fsp3) is 0.250. The first-order valence-electron chi connectivity index (χ1n) is 9.95. The number of likely N-dealkylation sites (N-methyl/N-ethyl adjacent to an activating group) is 1. The van der Waals surface area contributed by atoms with E-state index in [2.05, 4.69) is 5.32 Å². The van der Waals surface area contributed by atoms with Crippen molar-refractivity contribution >= 4 is 17.5 Å². The largest absolute Gasteiger partial charge is 0.495 e. The van der Waals surface area contributed by atoms with Gasteiger partial charge in [-0.05, 0) is 31.2 Å². The molecule has 0 saturated heterocycles. The number of furan rings is 1. The zero-order valence-corrected chi connectivity index (χ0v) is 17.3. The second-order valence-corrected chi connectivity index (χ2v) is 6.79. The van der Waals surface area contributed by atoms with E-state index < -0.39 is 0 Å². The average Bonchev–Trinajstić information content (AvgIpc) is 3.26. The predicted octanol–water partition coefficient (Wildman–Crippen LogP) is 4.38. The van der Waals surface area contributed by atoms with E-state index in [0.29, 0.717) is 24.4 Å². The highest BCUT2D eigenvalue weighted by molar-refractivity contribution is 5.95. The van der Waals surface area contributed by atoms with Gasteiger partial charge in [0.25, 0.3) is 0 Å². The number of rotatable bonds is 9. The van der Waals surface area contributed by atoms with Crippen molar-refractivity contribution in [3.8, 4) is 17.1 Å². The first-order valence-corrected chi connectivity index (χ1v) is 9.95. The number of methoxy groups -OCH3 is 1. The van der Waals surface area contributed by atoms with Crippen LogP contribution in [0.5, 0.6) is 5.75 Å². The van der Waals surface area contributed by atoms with Gasteiger partial charge in [-0.25, -0.2) is 0 Å². The summed E-state index contributed by atoms with van der Waals surface area (Å²) in [5, 5.41) is 2.80. The van der Waals surface area contributed by atoms with Crippen molar-refractivity contribution in [3.05, 3.63) is 72.5 Å². The van der Waals surface area contributed by atoms with E-state index in [9.17, 15) is 9.59 Å². The van der Waals surface area contributed by atoms with Gasteiger partial charge in [-0.1, -0.05) is 42.5 Å². The molecule has 0 aliphatic heterocycles. The van der Waals surface area contributed by atoms with Gasteiger partial charge in [-0.2, -0.15) is 0 Å². The lowest BCUT2D eigenvalue weighted by Gasteiger charge is -2.20. The molecule has 0 aliphatic carbocycles. The van der Waals surface area contributed by atoms with Gasteiger partial charge in [-0.15, -0.1) is 0 Å². The number of carbonyl (C=O) groups is 2. The van der Waals surface area contributed by atoms with Crippen molar-refractivity contribution in [2.24, 2.45) is 0 Å². The van der Waals surface area contributed by atoms with Crippen molar-refractivity contribution in [1.82, 2.24) is 4.90 Å². The number of nitrogens with one attached hydrogen (secondary N) is 1. The average molecular weight is 406 g/mol. The van der Waals surface area contributed by atoms with Crippen LogP contribution in [0, 0.1) is 0 Å². The first-order chi connectivity index (χ1) is 14.6. The number of benzene rings is 2. The molecule has 6 nitrogen and oxygen atoms in total. The van der Waals surface area contributed by atoms with Crippen LogP contribution >= 0.6 is 0 Å². The number of hydrogen-bond acceptors (Lipinski definition) is 4. The second-order valence-electron chi connectivity index (χ2n) is 6.79. The van der Waals surface area contributed by atoms with Crippen molar-refractivity contribution < 1.29 is 18.7 Å². The Kier molecular flexibility index (Phi) is 7.27. The molecule has 2 amide bonds. The van der Waals surface area contributed by atoms with Crippen LogP contribution in [-0.4, -0.2) is 36.9 Å². The predicted molar refractivity (Wildman–Crippen MR) is 116 cm³/mol. The number of anilines is 1. The lowest BCUT2D eigenvalue weighted by atomic mass is 10.2. The van der Waals surface area contributed by atoms with Gasteiger partial charge in [0.2, 0.25) is 11.8 Å². The van der Waals surface area contributed by atoms with E-state index in [4.69, 9.17) is 9.15 Å². The Morgan fingerprint density at radius 1 is 1.00 bits per heavy atom. The molecule has 3 rings (SSSR count). The third kappa shape index (κ3) is 5.50. The molecule has 0 saturated carbocycles. The smallest absolute Gasteiger partial charge is 0.244 e. The highest BCUT2D eigenvalue weighted by Crippen LogP contribution is 2.24. The summed E-state index contributed by atoms with van der Waals surface area (Å²) in [7, 11) is 1.55. The van der Waals surface area contributed by atoms with Crippen LogP contribution in [-0.2, 0) is 16.0 Å². The molecule has 3 aromatic rings. The van der Waals surface area contributed by atoms with Crippen molar-refractivity contribution in [2.45, 2.75) is 19.8 Å². The molecule has 1 N–H and O–H groups in total. The Labute approximate surface area is 176 Å². The number of amides is 2. The van der Waals surface area contributed by atoms with Gasteiger partial charge in [-0.3, -0.25) is 9.59 Å². The van der Waals surface area contributed by atoms with Crippen LogP contribution in [0.1, 0.15) is 19.1 Å². The van der Waals surface area contributed by atoms with E-state index in [0.717, 1.165) is 17.1 Å². The van der Waals surface area contributed by atoms with Crippen molar-refractivity contribution in [3.63, 3.8) is 0 Å². The quantitative estimate of drug-likeness (QED) is 0.573. The zero-order chi connectivity index (χ0) is 21.3. The summed E-state index contributed by atoms with van der Waals surface area (Å²) in [4.78, 5) is 26.6. The maximum absolute atomic E-state index is 12.6. The first kappa shape index (κ1) is 21.2. The maximum Gasteiger partial charge on any atom is 0.244 e. The molecule has 156 valence electrons. The summed E-state index contributed by atoms with van der Waals surface area (Å²) in [6.07, 6.45) is 0.758. The zero-order valence-electron chi connectivity index (χ0n) is 17.3. The van der Waals surface area contributed by atoms with Crippen molar-refractivity contribution in [2.75, 3.05) is 25.5 Å². The van der Waals surface area contributed by atoms with Gasteiger partial charge in [0.05, 0.1) is 19.3 Å². The van der Waals surface area contributed by atoms with Crippen molar-refractivity contribution in [1.29, 1.82) is 0 Å². The van der Waals surface area contributed by atoms with Gasteiger partial charge < -0.3 is 19.4 Å². The topological polar surface area (TPSA) is 71.8 Å². The highest BCUT2D eigenvalue weighted by Gasteiger charge is 2.17. The molecular formula is C24H26N2O4. The Bertz CT molecular complexity index is 982. The number of para-hydroxylation sites is 2. The van der Waals surface area contributed by atoms with Crippen LogP contribution < -0.4 is 10.1 Å². The number of nitrogens with zero attached hydrogens (tertiary/aromatic N) is 1. The summed E-state index contributed by atoms with van der Waals surface area (Å²) in [6.45, 7) is 2.29. The van der Waals surface area contributed by atoms with Gasteiger partial charge in [0.15, 0.2) is 0 Å². The van der Waals surface area contributed by atoms with Crippen LogP contribution in [0.15, 0.2) is 71.1 Å². The molecular weight excluding hydrogens is 380 g/mol. The minimum Gasteiger partial charge on any atom is -0.495 e. The Morgan fingerprint density at radius 2 is 1.73 bits per heavy atom. The summed E-state index contributed by atoms with van der Waals surface area (Å²) < 4.78 is 11.1. The molecule has 6 heteroatoms. The Hall–Kier alpha value is -3.54. The summed E-state index contributed by atoms with van der Waals surface area (Å²) >= 11 is 0. The van der Waals surface area contributed by atoms with E-state index in [1.54, 1.807) is 19.2 Å². The van der Waals surface area contributed by atoms with E-state index in [1.165, 1.54) is 4.90 Å². The van der Waals surface area contributed by atoms with E-state index in [1.807, 2.05) is 61.5 Å². The van der Waals surface area contributed by atoms with Crippen LogP contribution in [0.3, 0.4) is 0 Å². The SMILES string of the molecule is CCN(CC(=O)Nc1ccccc1OC)C(=O)CCc1ccc(-c2ccccc2)o1. The molecule has 0 atom stereocenters. The Balaban J connectivity index is 1.53. The summed E-state index contributed by atoms with van der Waals surface area (Å²) in [6, 6.07) is 20.8. The lowest BCUT2D eigenvalue weighted by Crippen LogP contribution is -2.38. The summed E-state index contributed by atoms with van der Waals surface area (Å²) in [5.41, 5.74) is 1.58. The minimum atomic E-state index is -0.265. The van der Waals surface area contributed by atoms with Crippen LogP contribution in [0.2, 0.25) is 0 Å². The van der Waals surface area contributed by atoms with Crippen LogP contribution in [0.4, 0.5) is 5.69 Å². The van der Waals surface area contributed by atoms with Crippen LogP contribution in [0.25, 0.3) is 11.3 Å². The fourth-order valence-electron chi connectivity index (χ4n) is 3.15. The molecule has 30 heavy (non-hydrogen) atoms. The van der Waals surface area contributed by atoms with Gasteiger partial charge in [0, 0.05) is 24.9 Å². The van der Waals surface area contributed by atoms with E-state index in [-0.39, 0.29) is 24.8 Å². The molecule has 0 bridgehead atoms. The molecule has 1 aromatic heterocycles. The lowest BCUT2D eigenvalue weighted by molar-refractivity contribution is -0.134. The number of carbonyl (C=O) groups excluding carboxylic acids is 2. The second kappa shape index (κ2) is 10.3. The molecule has 0 unspecified atom stereocenters. The number of ether oxygens (including phenoxy) is 1. The monoisotopic (exact) mass is 406 g/mol. The van der Waals surface area contributed by atoms with Gasteiger partial charge in [0.1, 0.15) is 17.3 Å². The number of aryl methyl sites for hydroxylation is 1. The summed E-state index contributed by atoms with van der Waals surface area (Å²) in [5.74, 6) is 1.75. The molecule has 2 aromatic carbocycles. The van der Waals surface area contributed by atoms with E-state index >= 15 is 0 Å². The molecule has 0 fully saturated rings. The molecule has 0 aliphatic rings. The maximum atomic E-state index is 12.6. The minimum absolute atomic E-state index is 0.0131. The highest BCUT2D eigenvalue weighted by atomic mass is 16.5. The normalized spacial score (nSPS) is 10.5. The Morgan fingerprint density at radius 3 is 2.47 bits per heavy atom. The fourth-order valence-corrected chi connectivity index (χ4v) is 3.15. The third-order valence-electron chi connectivity index (χ3n) is 4.76. The van der Waals surface area contributed by atoms with Gasteiger partial charge >= 0.3 is 0 Å². The standard InChI is InChI=1S/C24H26N2O4/c1-3-26(17-23(27)25-20-11-7-8-12-22(20)29-2)24(28)16-14-19-13-15-21(30-19)18-9-5-4-6-10-18/h4-13,15H,3,14,16-17H2,1-2H3,(H,25,27). The molecule has 0 spiro atoms. The molecule has 0 radical (unpaired) electrons. The number of hydrogen-bond donors (Lipinski definition) is 1. The molecule has 1 heterocycles. The third-order valence-corrected chi connectivity index (χ3v) is 4.76.